The zero-order valence-corrected chi connectivity index (χ0v) is 10.8. The lowest BCUT2D eigenvalue weighted by atomic mass is 10.3. The Kier molecular flexibility index (Phi) is 6.45. The highest BCUT2D eigenvalue weighted by molar-refractivity contribution is 5.74. The SMILES string of the molecule is CN(CCC(=O)O)C(=O)NCCN1CCNCC1. The Labute approximate surface area is 107 Å². The van der Waals surface area contributed by atoms with Crippen LogP contribution >= 0.6 is 0 Å². The van der Waals surface area contributed by atoms with Crippen molar-refractivity contribution in [2.75, 3.05) is 52.9 Å². The number of carboxylic acid groups (broad SMARTS) is 1. The third-order valence-corrected chi connectivity index (χ3v) is 2.92. The van der Waals surface area contributed by atoms with E-state index < -0.39 is 5.97 Å². The Balaban J connectivity index is 2.09. The summed E-state index contributed by atoms with van der Waals surface area (Å²) in [6, 6.07) is -0.216. The van der Waals surface area contributed by atoms with E-state index in [-0.39, 0.29) is 19.0 Å². The van der Waals surface area contributed by atoms with Crippen LogP contribution in [0.15, 0.2) is 0 Å². The molecule has 7 heteroatoms. The van der Waals surface area contributed by atoms with E-state index in [1.807, 2.05) is 0 Å². The van der Waals surface area contributed by atoms with Crippen molar-refractivity contribution < 1.29 is 14.7 Å². The minimum absolute atomic E-state index is 0.0261. The summed E-state index contributed by atoms with van der Waals surface area (Å²) in [5.74, 6) is -0.893. The molecule has 18 heavy (non-hydrogen) atoms. The number of aliphatic carboxylic acids is 1. The molecule has 0 radical (unpaired) electrons. The Morgan fingerprint density at radius 1 is 1.39 bits per heavy atom. The van der Waals surface area contributed by atoms with Crippen LogP contribution in [0.25, 0.3) is 0 Å². The maximum absolute atomic E-state index is 11.6. The molecular formula is C11H22N4O3. The molecule has 0 unspecified atom stereocenters. The number of hydrogen-bond donors (Lipinski definition) is 3. The third-order valence-electron chi connectivity index (χ3n) is 2.92. The van der Waals surface area contributed by atoms with Crippen LogP contribution in [0.5, 0.6) is 0 Å². The van der Waals surface area contributed by atoms with E-state index >= 15 is 0 Å². The van der Waals surface area contributed by atoms with E-state index in [4.69, 9.17) is 5.11 Å². The maximum atomic E-state index is 11.6. The van der Waals surface area contributed by atoms with Gasteiger partial charge in [-0.3, -0.25) is 9.69 Å². The van der Waals surface area contributed by atoms with Gasteiger partial charge in [-0.05, 0) is 0 Å². The molecule has 0 aromatic heterocycles. The molecule has 0 atom stereocenters. The van der Waals surface area contributed by atoms with Crippen molar-refractivity contribution in [1.29, 1.82) is 0 Å². The molecule has 1 aliphatic rings. The molecule has 1 fully saturated rings. The average Bonchev–Trinajstić information content (AvgIpc) is 2.37. The lowest BCUT2D eigenvalue weighted by Crippen LogP contribution is -2.47. The van der Waals surface area contributed by atoms with Crippen LogP contribution in [0.2, 0.25) is 0 Å². The molecule has 1 rings (SSSR count). The molecule has 0 bridgehead atoms. The van der Waals surface area contributed by atoms with E-state index in [0.29, 0.717) is 6.54 Å². The second kappa shape index (κ2) is 7.88. The number of rotatable bonds is 6. The molecule has 1 aliphatic heterocycles. The number of piperazine rings is 1. The zero-order chi connectivity index (χ0) is 13.4. The molecule has 7 nitrogen and oxygen atoms in total. The van der Waals surface area contributed by atoms with Gasteiger partial charge in [-0.15, -0.1) is 0 Å². The summed E-state index contributed by atoms with van der Waals surface area (Å²) in [5, 5.41) is 14.6. The highest BCUT2D eigenvalue weighted by Gasteiger charge is 2.11. The standard InChI is InChI=1S/C11H22N4O3/c1-14(6-2-10(16)17)11(18)13-5-9-15-7-3-12-4-8-15/h12H,2-9H2,1H3,(H,13,18)(H,16,17). The van der Waals surface area contributed by atoms with Crippen molar-refractivity contribution in [2.24, 2.45) is 0 Å². The van der Waals surface area contributed by atoms with Crippen LogP contribution in [-0.4, -0.2) is 79.8 Å². The van der Waals surface area contributed by atoms with E-state index in [2.05, 4.69) is 15.5 Å². The topological polar surface area (TPSA) is 84.9 Å². The van der Waals surface area contributed by atoms with Crippen molar-refractivity contribution in [3.8, 4) is 0 Å². The van der Waals surface area contributed by atoms with Gasteiger partial charge in [0, 0.05) is 52.9 Å². The fourth-order valence-corrected chi connectivity index (χ4v) is 1.76. The number of carbonyl (C=O) groups excluding carboxylic acids is 1. The first-order valence-corrected chi connectivity index (χ1v) is 6.23. The van der Waals surface area contributed by atoms with Crippen molar-refractivity contribution in [3.63, 3.8) is 0 Å². The smallest absolute Gasteiger partial charge is 0.317 e. The lowest BCUT2D eigenvalue weighted by molar-refractivity contribution is -0.137. The predicted octanol–water partition coefficient (Wildman–Crippen LogP) is -0.992. The van der Waals surface area contributed by atoms with Crippen molar-refractivity contribution in [2.45, 2.75) is 6.42 Å². The maximum Gasteiger partial charge on any atom is 0.317 e. The fourth-order valence-electron chi connectivity index (χ4n) is 1.76. The fraction of sp³-hybridized carbons (Fsp3) is 0.818. The number of nitrogens with zero attached hydrogens (tertiary/aromatic N) is 2. The third kappa shape index (κ3) is 5.83. The summed E-state index contributed by atoms with van der Waals surface area (Å²) in [4.78, 5) is 25.6. The van der Waals surface area contributed by atoms with Crippen LogP contribution in [0.1, 0.15) is 6.42 Å². The number of amides is 2. The monoisotopic (exact) mass is 258 g/mol. The summed E-state index contributed by atoms with van der Waals surface area (Å²) >= 11 is 0. The van der Waals surface area contributed by atoms with Crippen LogP contribution < -0.4 is 10.6 Å². The molecule has 3 N–H and O–H groups in total. The number of hydrogen-bond acceptors (Lipinski definition) is 4. The van der Waals surface area contributed by atoms with Gasteiger partial charge in [0.1, 0.15) is 0 Å². The molecule has 0 saturated carbocycles. The van der Waals surface area contributed by atoms with Gasteiger partial charge < -0.3 is 20.6 Å². The largest absolute Gasteiger partial charge is 0.481 e. The summed E-state index contributed by atoms with van der Waals surface area (Å²) in [5.41, 5.74) is 0. The summed E-state index contributed by atoms with van der Waals surface area (Å²) in [6.45, 7) is 5.65. The molecule has 0 aliphatic carbocycles. The zero-order valence-electron chi connectivity index (χ0n) is 10.8. The summed E-state index contributed by atoms with van der Waals surface area (Å²) < 4.78 is 0. The molecule has 0 aromatic carbocycles. The van der Waals surface area contributed by atoms with Gasteiger partial charge in [0.05, 0.1) is 6.42 Å². The Morgan fingerprint density at radius 3 is 2.67 bits per heavy atom. The van der Waals surface area contributed by atoms with Crippen LogP contribution in [0.4, 0.5) is 4.79 Å². The van der Waals surface area contributed by atoms with E-state index in [1.165, 1.54) is 4.90 Å². The molecular weight excluding hydrogens is 236 g/mol. The van der Waals surface area contributed by atoms with Crippen molar-refractivity contribution in [1.82, 2.24) is 20.4 Å². The van der Waals surface area contributed by atoms with Gasteiger partial charge in [0.15, 0.2) is 0 Å². The quantitative estimate of drug-likeness (QED) is 0.569. The van der Waals surface area contributed by atoms with Gasteiger partial charge >= 0.3 is 12.0 Å². The molecule has 0 spiro atoms. The first-order chi connectivity index (χ1) is 8.59. The first kappa shape index (κ1) is 14.7. The molecule has 1 saturated heterocycles. The van der Waals surface area contributed by atoms with Gasteiger partial charge in [0.2, 0.25) is 0 Å². The number of nitrogens with one attached hydrogen (secondary N) is 2. The van der Waals surface area contributed by atoms with Crippen LogP contribution in [-0.2, 0) is 4.79 Å². The van der Waals surface area contributed by atoms with Crippen LogP contribution in [0, 0.1) is 0 Å². The highest BCUT2D eigenvalue weighted by atomic mass is 16.4. The molecule has 104 valence electrons. The van der Waals surface area contributed by atoms with Crippen molar-refractivity contribution >= 4 is 12.0 Å². The first-order valence-electron chi connectivity index (χ1n) is 6.23. The second-order valence-corrected chi connectivity index (χ2v) is 4.39. The molecule has 2 amide bonds. The second-order valence-electron chi connectivity index (χ2n) is 4.39. The minimum atomic E-state index is -0.893. The lowest BCUT2D eigenvalue weighted by Gasteiger charge is -2.27. The van der Waals surface area contributed by atoms with Gasteiger partial charge in [0.25, 0.3) is 0 Å². The van der Waals surface area contributed by atoms with Crippen molar-refractivity contribution in [3.05, 3.63) is 0 Å². The Hall–Kier alpha value is -1.34. The molecule has 0 aromatic rings. The Bertz CT molecular complexity index is 279. The normalized spacial score (nSPS) is 16.3. The van der Waals surface area contributed by atoms with Gasteiger partial charge in [-0.2, -0.15) is 0 Å². The van der Waals surface area contributed by atoms with E-state index in [1.54, 1.807) is 7.05 Å². The van der Waals surface area contributed by atoms with E-state index in [9.17, 15) is 9.59 Å². The van der Waals surface area contributed by atoms with E-state index in [0.717, 1.165) is 32.7 Å². The number of carboxylic acids is 1. The van der Waals surface area contributed by atoms with Gasteiger partial charge in [-0.1, -0.05) is 0 Å². The summed E-state index contributed by atoms with van der Waals surface area (Å²) in [7, 11) is 1.60. The van der Waals surface area contributed by atoms with Gasteiger partial charge in [-0.25, -0.2) is 4.79 Å². The number of urea groups is 1. The van der Waals surface area contributed by atoms with Crippen LogP contribution in [0.3, 0.4) is 0 Å². The molecule has 1 heterocycles. The summed E-state index contributed by atoms with van der Waals surface area (Å²) in [6.07, 6.45) is -0.0261. The average molecular weight is 258 g/mol. The highest BCUT2D eigenvalue weighted by Crippen LogP contribution is 1.92. The number of carbonyl (C=O) groups is 2. The predicted molar refractivity (Wildman–Crippen MR) is 67.6 cm³/mol. The Morgan fingerprint density at radius 2 is 2.06 bits per heavy atom. The minimum Gasteiger partial charge on any atom is -0.481 e.